The number of rotatable bonds is 6. The van der Waals surface area contributed by atoms with Gasteiger partial charge in [-0.2, -0.15) is 4.31 Å². The molecule has 2 aliphatic heterocycles. The fourth-order valence-electron chi connectivity index (χ4n) is 4.72. The monoisotopic (exact) mass is 443 g/mol. The first kappa shape index (κ1) is 22.0. The molecule has 2 aliphatic rings. The zero-order chi connectivity index (χ0) is 22.1. The van der Waals surface area contributed by atoms with E-state index in [0.29, 0.717) is 24.7 Å². The first-order valence-electron chi connectivity index (χ1n) is 10.8. The molecule has 2 aromatic rings. The highest BCUT2D eigenvalue weighted by Crippen LogP contribution is 2.32. The van der Waals surface area contributed by atoms with Crippen molar-refractivity contribution < 1.29 is 18.3 Å². The third kappa shape index (κ3) is 4.13. The van der Waals surface area contributed by atoms with Crippen molar-refractivity contribution in [3.05, 3.63) is 65.7 Å². The second-order valence-corrected chi connectivity index (χ2v) is 10.3. The van der Waals surface area contributed by atoms with E-state index >= 15 is 0 Å². The quantitative estimate of drug-likeness (QED) is 0.707. The van der Waals surface area contributed by atoms with Crippen molar-refractivity contribution in [1.82, 2.24) is 9.21 Å². The van der Waals surface area contributed by atoms with Gasteiger partial charge < -0.3 is 15.7 Å². The number of nitrogens with zero attached hydrogens (tertiary/aromatic N) is 2. The van der Waals surface area contributed by atoms with Crippen molar-refractivity contribution in [2.24, 2.45) is 5.73 Å². The summed E-state index contributed by atoms with van der Waals surface area (Å²) in [6.45, 7) is 3.13. The molecule has 31 heavy (non-hydrogen) atoms. The molecule has 4 rings (SSSR count). The summed E-state index contributed by atoms with van der Waals surface area (Å²) < 4.78 is 28.1. The molecule has 166 valence electrons. The lowest BCUT2D eigenvalue weighted by molar-refractivity contribution is -0.133. The summed E-state index contributed by atoms with van der Waals surface area (Å²) in [4.78, 5) is 14.8. The topological polar surface area (TPSA) is 104 Å². The summed E-state index contributed by atoms with van der Waals surface area (Å²) in [5.41, 5.74) is 3.88. The molecule has 0 saturated carbocycles. The van der Waals surface area contributed by atoms with Crippen LogP contribution in [0.4, 0.5) is 0 Å². The number of carbonyl (C=O) groups excluding carboxylic acids is 1. The lowest BCUT2D eigenvalue weighted by Gasteiger charge is -2.36. The van der Waals surface area contributed by atoms with E-state index in [2.05, 4.69) is 4.90 Å². The van der Waals surface area contributed by atoms with Crippen molar-refractivity contribution in [3.8, 4) is 0 Å². The Hall–Kier alpha value is -2.26. The van der Waals surface area contributed by atoms with Gasteiger partial charge in [0.25, 0.3) is 5.91 Å². The molecule has 7 nitrogen and oxygen atoms in total. The predicted molar refractivity (Wildman–Crippen MR) is 118 cm³/mol. The Balaban J connectivity index is 1.59. The van der Waals surface area contributed by atoms with E-state index in [4.69, 9.17) is 5.73 Å². The summed E-state index contributed by atoms with van der Waals surface area (Å²) in [5, 5.41) is 11.2. The maximum Gasteiger partial charge on any atom is 0.258 e. The van der Waals surface area contributed by atoms with Crippen molar-refractivity contribution >= 4 is 15.9 Å². The number of likely N-dealkylation sites (tertiary alicyclic amines) is 1. The SMILES string of the molecule is NC(=O)C(O)(c1ccccc1)c1cccc(S(=O)(=O)N2CCC(N3CCCC3)CC2)c1. The highest BCUT2D eigenvalue weighted by molar-refractivity contribution is 7.89. The molecule has 1 unspecified atom stereocenters. The average Bonchev–Trinajstić information content (AvgIpc) is 3.34. The van der Waals surface area contributed by atoms with Gasteiger partial charge >= 0.3 is 0 Å². The number of piperidine rings is 1. The van der Waals surface area contributed by atoms with Crippen LogP contribution in [-0.4, -0.2) is 60.9 Å². The molecular weight excluding hydrogens is 414 g/mol. The van der Waals surface area contributed by atoms with E-state index in [9.17, 15) is 18.3 Å². The van der Waals surface area contributed by atoms with E-state index in [-0.39, 0.29) is 10.5 Å². The largest absolute Gasteiger partial charge is 0.372 e. The molecule has 0 aromatic heterocycles. The molecule has 2 aromatic carbocycles. The normalized spacial score (nSPS) is 21.1. The minimum atomic E-state index is -3.75. The Kier molecular flexibility index (Phi) is 6.16. The van der Waals surface area contributed by atoms with Crippen LogP contribution in [-0.2, 0) is 20.4 Å². The zero-order valence-electron chi connectivity index (χ0n) is 17.5. The summed E-state index contributed by atoms with van der Waals surface area (Å²) >= 11 is 0. The number of nitrogens with two attached hydrogens (primary N) is 1. The molecule has 2 heterocycles. The Morgan fingerprint density at radius 2 is 1.55 bits per heavy atom. The number of sulfonamides is 1. The maximum atomic E-state index is 13.3. The molecule has 8 heteroatoms. The van der Waals surface area contributed by atoms with Crippen LogP contribution >= 0.6 is 0 Å². The molecule has 0 radical (unpaired) electrons. The summed E-state index contributed by atoms with van der Waals surface area (Å²) in [6.07, 6.45) is 4.06. The molecule has 2 saturated heterocycles. The van der Waals surface area contributed by atoms with Gasteiger partial charge in [0.15, 0.2) is 5.60 Å². The van der Waals surface area contributed by atoms with Gasteiger partial charge in [-0.25, -0.2) is 8.42 Å². The maximum absolute atomic E-state index is 13.3. The van der Waals surface area contributed by atoms with Gasteiger partial charge in [0, 0.05) is 19.1 Å². The zero-order valence-corrected chi connectivity index (χ0v) is 18.3. The molecule has 0 spiro atoms. The number of primary amides is 1. The van der Waals surface area contributed by atoms with Gasteiger partial charge in [0.05, 0.1) is 4.90 Å². The molecule has 3 N–H and O–H groups in total. The van der Waals surface area contributed by atoms with Gasteiger partial charge in [-0.15, -0.1) is 0 Å². The number of aliphatic hydroxyl groups is 1. The number of hydrogen-bond donors (Lipinski definition) is 2. The first-order chi connectivity index (χ1) is 14.8. The minimum absolute atomic E-state index is 0.0558. The van der Waals surface area contributed by atoms with Crippen molar-refractivity contribution in [2.45, 2.75) is 42.2 Å². The lowest BCUT2D eigenvalue weighted by Crippen LogP contribution is -2.46. The van der Waals surface area contributed by atoms with Crippen LogP contribution in [0.5, 0.6) is 0 Å². The third-order valence-electron chi connectivity index (χ3n) is 6.52. The minimum Gasteiger partial charge on any atom is -0.372 e. The molecule has 2 fully saturated rings. The van der Waals surface area contributed by atoms with Crippen LogP contribution in [0, 0.1) is 0 Å². The Labute approximate surface area is 183 Å². The van der Waals surface area contributed by atoms with E-state index < -0.39 is 21.5 Å². The first-order valence-corrected chi connectivity index (χ1v) is 12.2. The summed E-state index contributed by atoms with van der Waals surface area (Å²) in [6, 6.07) is 14.7. The fourth-order valence-corrected chi connectivity index (χ4v) is 6.23. The molecule has 0 bridgehead atoms. The highest BCUT2D eigenvalue weighted by Gasteiger charge is 2.39. The molecule has 1 atom stereocenters. The van der Waals surface area contributed by atoms with E-state index in [0.717, 1.165) is 25.9 Å². The Morgan fingerprint density at radius 1 is 0.935 bits per heavy atom. The van der Waals surface area contributed by atoms with Crippen LogP contribution in [0.15, 0.2) is 59.5 Å². The average molecular weight is 444 g/mol. The fraction of sp³-hybridized carbons (Fsp3) is 0.435. The second-order valence-electron chi connectivity index (χ2n) is 8.35. The summed E-state index contributed by atoms with van der Waals surface area (Å²) in [5.74, 6) is -0.959. The molecule has 0 aliphatic carbocycles. The third-order valence-corrected chi connectivity index (χ3v) is 8.41. The molecular formula is C23H29N3O4S. The van der Waals surface area contributed by atoms with Crippen LogP contribution in [0.25, 0.3) is 0 Å². The van der Waals surface area contributed by atoms with Gasteiger partial charge in [-0.1, -0.05) is 42.5 Å². The van der Waals surface area contributed by atoms with Crippen molar-refractivity contribution in [2.75, 3.05) is 26.2 Å². The number of carbonyl (C=O) groups is 1. The van der Waals surface area contributed by atoms with E-state index in [1.807, 2.05) is 0 Å². The van der Waals surface area contributed by atoms with Crippen LogP contribution in [0.3, 0.4) is 0 Å². The van der Waals surface area contributed by atoms with Crippen LogP contribution in [0.1, 0.15) is 36.8 Å². The van der Waals surface area contributed by atoms with E-state index in [1.54, 1.807) is 30.3 Å². The van der Waals surface area contributed by atoms with Crippen LogP contribution < -0.4 is 5.73 Å². The van der Waals surface area contributed by atoms with Gasteiger partial charge in [0.2, 0.25) is 10.0 Å². The van der Waals surface area contributed by atoms with Gasteiger partial charge in [0.1, 0.15) is 0 Å². The lowest BCUT2D eigenvalue weighted by atomic mass is 9.86. The van der Waals surface area contributed by atoms with Crippen molar-refractivity contribution in [3.63, 3.8) is 0 Å². The number of benzene rings is 2. The smallest absolute Gasteiger partial charge is 0.258 e. The Bertz CT molecular complexity index is 1030. The molecule has 1 amide bonds. The van der Waals surface area contributed by atoms with Crippen molar-refractivity contribution in [1.29, 1.82) is 0 Å². The second kappa shape index (κ2) is 8.70. The van der Waals surface area contributed by atoms with E-state index in [1.165, 1.54) is 41.4 Å². The highest BCUT2D eigenvalue weighted by atomic mass is 32.2. The number of hydrogen-bond acceptors (Lipinski definition) is 5. The van der Waals surface area contributed by atoms with Gasteiger partial charge in [-0.05, 0) is 62.0 Å². The Morgan fingerprint density at radius 3 is 2.16 bits per heavy atom. The van der Waals surface area contributed by atoms with Crippen LogP contribution in [0.2, 0.25) is 0 Å². The predicted octanol–water partition coefficient (Wildman–Crippen LogP) is 1.66. The standard InChI is InChI=1S/C23H29N3O4S/c24-22(27)23(28,18-7-2-1-3-8-18)19-9-6-10-21(17-19)31(29,30)26-15-11-20(12-16-26)25-13-4-5-14-25/h1-3,6-10,17,20,28H,4-5,11-16H2,(H2,24,27). The number of amides is 1. The summed E-state index contributed by atoms with van der Waals surface area (Å²) in [7, 11) is -3.75. The van der Waals surface area contributed by atoms with Gasteiger partial charge in [-0.3, -0.25) is 4.79 Å².